The largest absolute Gasteiger partial charge is 0.478 e. The predicted molar refractivity (Wildman–Crippen MR) is 79.1 cm³/mol. The number of hydrogen-bond donors (Lipinski definition) is 1. The smallest absolute Gasteiger partial charge is 0.335 e. The van der Waals surface area contributed by atoms with E-state index in [0.717, 1.165) is 16.5 Å². The number of rotatable bonds is 6. The zero-order valence-corrected chi connectivity index (χ0v) is 11.8. The maximum Gasteiger partial charge on any atom is 0.335 e. The van der Waals surface area contributed by atoms with Crippen molar-refractivity contribution in [3.63, 3.8) is 0 Å². The molecule has 0 fully saturated rings. The highest BCUT2D eigenvalue weighted by Crippen LogP contribution is 2.22. The second-order valence-corrected chi connectivity index (χ2v) is 5.98. The summed E-state index contributed by atoms with van der Waals surface area (Å²) in [7, 11) is 0. The standard InChI is InChI=1S/C14H13NO2S2/c16-14(17)11-6-7-15-13(10-11)19-9-8-18-12-4-2-1-3-5-12/h1-7,10H,8-9H2,(H,16,17). The van der Waals surface area contributed by atoms with Crippen LogP contribution in [0.5, 0.6) is 0 Å². The summed E-state index contributed by atoms with van der Waals surface area (Å²) in [5.41, 5.74) is 0.285. The molecule has 0 aliphatic carbocycles. The van der Waals surface area contributed by atoms with Gasteiger partial charge in [0.05, 0.1) is 10.6 Å². The molecular weight excluding hydrogens is 278 g/mol. The normalized spacial score (nSPS) is 10.3. The summed E-state index contributed by atoms with van der Waals surface area (Å²) in [5.74, 6) is 0.950. The molecule has 0 bridgehead atoms. The van der Waals surface area contributed by atoms with Crippen LogP contribution in [0.15, 0.2) is 58.6 Å². The lowest BCUT2D eigenvalue weighted by atomic mass is 10.3. The van der Waals surface area contributed by atoms with E-state index in [4.69, 9.17) is 5.11 Å². The zero-order chi connectivity index (χ0) is 13.5. The average Bonchev–Trinajstić information content (AvgIpc) is 2.45. The van der Waals surface area contributed by atoms with Crippen molar-refractivity contribution < 1.29 is 9.90 Å². The first-order valence-corrected chi connectivity index (χ1v) is 7.73. The Kier molecular flexibility index (Phi) is 5.30. The Balaban J connectivity index is 1.80. The van der Waals surface area contributed by atoms with E-state index in [0.29, 0.717) is 0 Å². The van der Waals surface area contributed by atoms with Crippen LogP contribution in [0.3, 0.4) is 0 Å². The summed E-state index contributed by atoms with van der Waals surface area (Å²) in [5, 5.41) is 9.65. The highest BCUT2D eigenvalue weighted by atomic mass is 32.2. The van der Waals surface area contributed by atoms with Crippen LogP contribution >= 0.6 is 23.5 Å². The van der Waals surface area contributed by atoms with Gasteiger partial charge in [0.25, 0.3) is 0 Å². The predicted octanol–water partition coefficient (Wildman–Crippen LogP) is 3.66. The van der Waals surface area contributed by atoms with Gasteiger partial charge in [-0.05, 0) is 24.3 Å². The van der Waals surface area contributed by atoms with Crippen LogP contribution in [0.4, 0.5) is 0 Å². The van der Waals surface area contributed by atoms with Crippen molar-refractivity contribution >= 4 is 29.5 Å². The van der Waals surface area contributed by atoms with Crippen LogP contribution in [0.25, 0.3) is 0 Å². The number of carboxylic acids is 1. The third kappa shape index (κ3) is 4.61. The molecule has 2 aromatic rings. The fraction of sp³-hybridized carbons (Fsp3) is 0.143. The van der Waals surface area contributed by atoms with E-state index < -0.39 is 5.97 Å². The number of benzene rings is 1. The number of hydrogen-bond acceptors (Lipinski definition) is 4. The summed E-state index contributed by atoms with van der Waals surface area (Å²) >= 11 is 3.36. The Labute approximate surface area is 120 Å². The van der Waals surface area contributed by atoms with Gasteiger partial charge < -0.3 is 5.11 Å². The third-order valence-electron chi connectivity index (χ3n) is 2.33. The van der Waals surface area contributed by atoms with Gasteiger partial charge in [0, 0.05) is 22.6 Å². The molecule has 3 nitrogen and oxygen atoms in total. The first kappa shape index (κ1) is 14.0. The van der Waals surface area contributed by atoms with Crippen molar-refractivity contribution in [2.24, 2.45) is 0 Å². The minimum absolute atomic E-state index is 0.285. The fourth-order valence-corrected chi connectivity index (χ4v) is 3.25. The minimum Gasteiger partial charge on any atom is -0.478 e. The Morgan fingerprint density at radius 1 is 1.11 bits per heavy atom. The van der Waals surface area contributed by atoms with Crippen molar-refractivity contribution in [2.45, 2.75) is 9.92 Å². The molecule has 98 valence electrons. The number of aromatic nitrogens is 1. The molecule has 0 saturated heterocycles. The lowest BCUT2D eigenvalue weighted by Crippen LogP contribution is -1.97. The first-order chi connectivity index (χ1) is 9.25. The molecule has 1 N–H and O–H groups in total. The number of aromatic carboxylic acids is 1. The van der Waals surface area contributed by atoms with Gasteiger partial charge in [-0.25, -0.2) is 9.78 Å². The Hall–Kier alpha value is -1.46. The van der Waals surface area contributed by atoms with Crippen LogP contribution in [-0.4, -0.2) is 27.6 Å². The topological polar surface area (TPSA) is 50.2 Å². The number of carboxylic acid groups (broad SMARTS) is 1. The maximum atomic E-state index is 10.8. The van der Waals surface area contributed by atoms with E-state index in [1.54, 1.807) is 29.6 Å². The van der Waals surface area contributed by atoms with E-state index in [2.05, 4.69) is 17.1 Å². The lowest BCUT2D eigenvalue weighted by Gasteiger charge is -2.02. The fourth-order valence-electron chi connectivity index (χ4n) is 1.44. The SMILES string of the molecule is O=C(O)c1ccnc(SCCSc2ccccc2)c1. The third-order valence-corrected chi connectivity index (χ3v) is 4.53. The molecule has 0 unspecified atom stereocenters. The molecule has 0 spiro atoms. The van der Waals surface area contributed by atoms with Crippen LogP contribution < -0.4 is 0 Å². The Morgan fingerprint density at radius 2 is 1.84 bits per heavy atom. The van der Waals surface area contributed by atoms with E-state index in [-0.39, 0.29) is 5.56 Å². The van der Waals surface area contributed by atoms with Crippen molar-refractivity contribution in [2.75, 3.05) is 11.5 Å². The van der Waals surface area contributed by atoms with E-state index in [1.807, 2.05) is 18.2 Å². The molecule has 1 heterocycles. The highest BCUT2D eigenvalue weighted by molar-refractivity contribution is 8.02. The van der Waals surface area contributed by atoms with Gasteiger partial charge in [-0.15, -0.1) is 23.5 Å². The molecule has 0 aliphatic rings. The van der Waals surface area contributed by atoms with Gasteiger partial charge in [-0.3, -0.25) is 0 Å². The molecule has 0 radical (unpaired) electrons. The zero-order valence-electron chi connectivity index (χ0n) is 10.2. The van der Waals surface area contributed by atoms with Gasteiger partial charge in [-0.1, -0.05) is 18.2 Å². The Bertz CT molecular complexity index is 546. The highest BCUT2D eigenvalue weighted by Gasteiger charge is 2.04. The minimum atomic E-state index is -0.914. The molecule has 2 rings (SSSR count). The van der Waals surface area contributed by atoms with E-state index in [9.17, 15) is 4.79 Å². The van der Waals surface area contributed by atoms with Gasteiger partial charge in [0.1, 0.15) is 0 Å². The van der Waals surface area contributed by atoms with Crippen LogP contribution in [0, 0.1) is 0 Å². The lowest BCUT2D eigenvalue weighted by molar-refractivity contribution is 0.0696. The maximum absolute atomic E-state index is 10.8. The molecule has 0 atom stereocenters. The van der Waals surface area contributed by atoms with Gasteiger partial charge >= 0.3 is 5.97 Å². The van der Waals surface area contributed by atoms with Gasteiger partial charge in [0.2, 0.25) is 0 Å². The van der Waals surface area contributed by atoms with Crippen molar-refractivity contribution in [3.8, 4) is 0 Å². The number of pyridine rings is 1. The summed E-state index contributed by atoms with van der Waals surface area (Å²) < 4.78 is 0. The molecule has 0 aliphatic heterocycles. The van der Waals surface area contributed by atoms with Crippen molar-refractivity contribution in [3.05, 3.63) is 54.2 Å². The van der Waals surface area contributed by atoms with Crippen LogP contribution in [-0.2, 0) is 0 Å². The Morgan fingerprint density at radius 3 is 2.58 bits per heavy atom. The molecule has 0 amide bonds. The molecule has 1 aromatic carbocycles. The second-order valence-electron chi connectivity index (χ2n) is 3.70. The van der Waals surface area contributed by atoms with Crippen LogP contribution in [0.2, 0.25) is 0 Å². The number of nitrogens with zero attached hydrogens (tertiary/aromatic N) is 1. The number of carbonyl (C=O) groups is 1. The summed E-state index contributed by atoms with van der Waals surface area (Å²) in [6.45, 7) is 0. The molecule has 1 aromatic heterocycles. The summed E-state index contributed by atoms with van der Waals surface area (Å²) in [4.78, 5) is 16.2. The second kappa shape index (κ2) is 7.21. The van der Waals surface area contributed by atoms with Gasteiger partial charge in [-0.2, -0.15) is 0 Å². The first-order valence-electron chi connectivity index (χ1n) is 5.76. The van der Waals surface area contributed by atoms with E-state index in [1.165, 1.54) is 17.2 Å². The van der Waals surface area contributed by atoms with Gasteiger partial charge in [0.15, 0.2) is 0 Å². The summed E-state index contributed by atoms with van der Waals surface area (Å²) in [6, 6.07) is 13.3. The molecular formula is C14H13NO2S2. The molecule has 0 saturated carbocycles. The quantitative estimate of drug-likeness (QED) is 0.650. The summed E-state index contributed by atoms with van der Waals surface area (Å²) in [6.07, 6.45) is 1.54. The monoisotopic (exact) mass is 291 g/mol. The molecule has 5 heteroatoms. The van der Waals surface area contributed by atoms with Crippen LogP contribution in [0.1, 0.15) is 10.4 Å². The van der Waals surface area contributed by atoms with E-state index >= 15 is 0 Å². The van der Waals surface area contributed by atoms with Crippen molar-refractivity contribution in [1.29, 1.82) is 0 Å². The number of thioether (sulfide) groups is 2. The molecule has 19 heavy (non-hydrogen) atoms. The average molecular weight is 291 g/mol. The van der Waals surface area contributed by atoms with Crippen molar-refractivity contribution in [1.82, 2.24) is 4.98 Å².